The molecule has 2 unspecified atom stereocenters. The second-order valence-electron chi connectivity index (χ2n) is 4.84. The number of ether oxygens (including phenoxy) is 2. The lowest BCUT2D eigenvalue weighted by Gasteiger charge is -2.15. The van der Waals surface area contributed by atoms with Crippen LogP contribution >= 0.6 is 0 Å². The van der Waals surface area contributed by atoms with E-state index in [1.165, 1.54) is 7.11 Å². The van der Waals surface area contributed by atoms with Crippen molar-refractivity contribution >= 4 is 17.6 Å². The number of carbonyl (C=O) groups is 2. The summed E-state index contributed by atoms with van der Waals surface area (Å²) < 4.78 is 9.91. The number of hydrogen-bond acceptors (Lipinski definition) is 5. The van der Waals surface area contributed by atoms with Gasteiger partial charge in [-0.25, -0.2) is 0 Å². The molecular weight excluding hydrogens is 272 g/mol. The van der Waals surface area contributed by atoms with Gasteiger partial charge in [-0.2, -0.15) is 0 Å². The normalized spacial score (nSPS) is 13.1. The van der Waals surface area contributed by atoms with Gasteiger partial charge in [-0.3, -0.25) is 9.59 Å². The molecule has 0 aliphatic rings. The fraction of sp³-hybridized carbons (Fsp3) is 0.467. The van der Waals surface area contributed by atoms with Crippen LogP contribution in [-0.2, 0) is 14.3 Å². The Morgan fingerprint density at radius 1 is 1.24 bits per heavy atom. The summed E-state index contributed by atoms with van der Waals surface area (Å²) in [7, 11) is 1.34. The maximum atomic E-state index is 11.8. The minimum atomic E-state index is -0.316. The fourth-order valence-corrected chi connectivity index (χ4v) is 1.48. The predicted octanol–water partition coefficient (Wildman–Crippen LogP) is 1.55. The van der Waals surface area contributed by atoms with E-state index in [4.69, 9.17) is 10.5 Å². The molecule has 0 aliphatic carbocycles. The molecule has 0 fully saturated rings. The first-order valence-electron chi connectivity index (χ1n) is 6.80. The fourth-order valence-electron chi connectivity index (χ4n) is 1.48. The van der Waals surface area contributed by atoms with Crippen molar-refractivity contribution in [1.82, 2.24) is 0 Å². The quantitative estimate of drug-likeness (QED) is 0.745. The second-order valence-corrected chi connectivity index (χ2v) is 4.84. The summed E-state index contributed by atoms with van der Waals surface area (Å²) in [6, 6.07) is 6.72. The lowest BCUT2D eigenvalue weighted by atomic mass is 10.0. The summed E-state index contributed by atoms with van der Waals surface area (Å²) in [6.45, 7) is 3.83. The van der Waals surface area contributed by atoms with Gasteiger partial charge in [-0.05, 0) is 31.2 Å². The first kappa shape index (κ1) is 17.0. The maximum Gasteiger partial charge on any atom is 0.308 e. The number of methoxy groups -OCH3 is 1. The van der Waals surface area contributed by atoms with E-state index in [9.17, 15) is 9.59 Å². The van der Waals surface area contributed by atoms with E-state index in [1.807, 2.05) is 0 Å². The van der Waals surface area contributed by atoms with Gasteiger partial charge in [0.25, 0.3) is 0 Å². The molecular formula is C15H22N2O4. The molecule has 0 aliphatic heterocycles. The number of hydrogen-bond donors (Lipinski definition) is 2. The van der Waals surface area contributed by atoms with Gasteiger partial charge >= 0.3 is 5.97 Å². The molecule has 0 aromatic heterocycles. The lowest BCUT2D eigenvalue weighted by molar-refractivity contribution is -0.141. The highest BCUT2D eigenvalue weighted by Crippen LogP contribution is 2.17. The number of benzene rings is 1. The smallest absolute Gasteiger partial charge is 0.308 e. The van der Waals surface area contributed by atoms with Crippen LogP contribution in [0.2, 0.25) is 0 Å². The van der Waals surface area contributed by atoms with E-state index in [0.717, 1.165) is 0 Å². The molecule has 1 aromatic carbocycles. The third-order valence-corrected chi connectivity index (χ3v) is 3.13. The maximum absolute atomic E-state index is 11.8. The Balaban J connectivity index is 2.47. The van der Waals surface area contributed by atoms with Gasteiger partial charge in [0, 0.05) is 11.7 Å². The monoisotopic (exact) mass is 294 g/mol. The van der Waals surface area contributed by atoms with Crippen molar-refractivity contribution in [3.05, 3.63) is 24.3 Å². The summed E-state index contributed by atoms with van der Waals surface area (Å²) in [4.78, 5) is 22.8. The van der Waals surface area contributed by atoms with Crippen LogP contribution in [0.25, 0.3) is 0 Å². The van der Waals surface area contributed by atoms with Crippen LogP contribution in [0, 0.1) is 5.92 Å². The summed E-state index contributed by atoms with van der Waals surface area (Å²) in [5.41, 5.74) is 6.36. The molecule has 0 heterocycles. The highest BCUT2D eigenvalue weighted by atomic mass is 16.5. The van der Waals surface area contributed by atoms with Crippen LogP contribution in [0.3, 0.4) is 0 Å². The Bertz CT molecular complexity index is 471. The number of nitrogens with one attached hydrogen (secondary N) is 1. The zero-order valence-electron chi connectivity index (χ0n) is 12.6. The first-order valence-corrected chi connectivity index (χ1v) is 6.80. The van der Waals surface area contributed by atoms with Gasteiger partial charge in [0.05, 0.1) is 26.1 Å². The van der Waals surface area contributed by atoms with Crippen LogP contribution in [0.15, 0.2) is 24.3 Å². The van der Waals surface area contributed by atoms with Crippen molar-refractivity contribution in [1.29, 1.82) is 0 Å². The Morgan fingerprint density at radius 3 is 2.38 bits per heavy atom. The number of rotatable bonds is 7. The zero-order chi connectivity index (χ0) is 15.8. The van der Waals surface area contributed by atoms with Crippen molar-refractivity contribution in [2.75, 3.05) is 19.0 Å². The Labute approximate surface area is 124 Å². The van der Waals surface area contributed by atoms with Crippen LogP contribution in [-0.4, -0.2) is 31.6 Å². The van der Waals surface area contributed by atoms with Crippen LogP contribution in [0.1, 0.15) is 20.3 Å². The summed E-state index contributed by atoms with van der Waals surface area (Å²) in [6.07, 6.45) is 0.195. The predicted molar refractivity (Wildman–Crippen MR) is 80.0 cm³/mol. The van der Waals surface area contributed by atoms with Crippen LogP contribution < -0.4 is 15.8 Å². The second kappa shape index (κ2) is 8.26. The van der Waals surface area contributed by atoms with E-state index < -0.39 is 0 Å². The van der Waals surface area contributed by atoms with E-state index in [1.54, 1.807) is 38.1 Å². The van der Waals surface area contributed by atoms with Crippen molar-refractivity contribution in [3.8, 4) is 5.75 Å². The number of carbonyl (C=O) groups excluding carboxylic acids is 2. The molecule has 21 heavy (non-hydrogen) atoms. The summed E-state index contributed by atoms with van der Waals surface area (Å²) in [5.74, 6) is -0.0775. The van der Waals surface area contributed by atoms with Crippen molar-refractivity contribution < 1.29 is 19.1 Å². The standard InChI is InChI=1S/C15H22N2O4/c1-10(11(2)16)15(19)17-12-4-6-13(7-5-12)21-9-8-14(18)20-3/h4-7,10-11H,8-9,16H2,1-3H3,(H,17,19). The third-order valence-electron chi connectivity index (χ3n) is 3.13. The van der Waals surface area contributed by atoms with E-state index in [2.05, 4.69) is 10.1 Å². The average Bonchev–Trinajstić information content (AvgIpc) is 2.47. The van der Waals surface area contributed by atoms with Gasteiger partial charge in [-0.15, -0.1) is 0 Å². The number of amides is 1. The van der Waals surface area contributed by atoms with Gasteiger partial charge in [0.2, 0.25) is 5.91 Å². The number of esters is 1. The van der Waals surface area contributed by atoms with Gasteiger partial charge < -0.3 is 20.5 Å². The zero-order valence-corrected chi connectivity index (χ0v) is 12.6. The van der Waals surface area contributed by atoms with Gasteiger partial charge in [0.1, 0.15) is 5.75 Å². The van der Waals surface area contributed by atoms with E-state index in [0.29, 0.717) is 11.4 Å². The Kier molecular flexibility index (Phi) is 6.68. The molecule has 3 N–H and O–H groups in total. The number of nitrogens with two attached hydrogens (primary N) is 1. The Morgan fingerprint density at radius 2 is 1.86 bits per heavy atom. The molecule has 1 rings (SSSR count). The van der Waals surface area contributed by atoms with Crippen LogP contribution in [0.5, 0.6) is 5.75 Å². The van der Waals surface area contributed by atoms with Crippen molar-refractivity contribution in [3.63, 3.8) is 0 Å². The largest absolute Gasteiger partial charge is 0.493 e. The molecule has 0 radical (unpaired) electrons. The molecule has 1 amide bonds. The SMILES string of the molecule is COC(=O)CCOc1ccc(NC(=O)C(C)C(C)N)cc1. The van der Waals surface area contributed by atoms with Crippen LogP contribution in [0.4, 0.5) is 5.69 Å². The van der Waals surface area contributed by atoms with Gasteiger partial charge in [0.15, 0.2) is 0 Å². The molecule has 0 bridgehead atoms. The molecule has 6 heteroatoms. The minimum absolute atomic E-state index is 0.121. The summed E-state index contributed by atoms with van der Waals surface area (Å²) in [5, 5.41) is 2.79. The highest BCUT2D eigenvalue weighted by Gasteiger charge is 2.16. The number of anilines is 1. The molecule has 6 nitrogen and oxygen atoms in total. The lowest BCUT2D eigenvalue weighted by Crippen LogP contribution is -2.34. The molecule has 0 spiro atoms. The average molecular weight is 294 g/mol. The van der Waals surface area contributed by atoms with Gasteiger partial charge in [-0.1, -0.05) is 6.92 Å². The molecule has 116 valence electrons. The first-order chi connectivity index (χ1) is 9.93. The minimum Gasteiger partial charge on any atom is -0.493 e. The van der Waals surface area contributed by atoms with Crippen molar-refractivity contribution in [2.45, 2.75) is 26.3 Å². The van der Waals surface area contributed by atoms with E-state index >= 15 is 0 Å². The molecule has 1 aromatic rings. The summed E-state index contributed by atoms with van der Waals surface area (Å²) >= 11 is 0. The van der Waals surface area contributed by atoms with Crippen molar-refractivity contribution in [2.24, 2.45) is 11.7 Å². The molecule has 0 saturated heterocycles. The molecule has 2 atom stereocenters. The third kappa shape index (κ3) is 5.83. The molecule has 0 saturated carbocycles. The topological polar surface area (TPSA) is 90.6 Å². The highest BCUT2D eigenvalue weighted by molar-refractivity contribution is 5.92. The Hall–Kier alpha value is -2.08. The van der Waals surface area contributed by atoms with E-state index in [-0.39, 0.29) is 36.9 Å².